The number of guanidine groups is 1. The highest BCUT2D eigenvalue weighted by Gasteiger charge is 2.24. The first-order chi connectivity index (χ1) is 12.3. The van der Waals surface area contributed by atoms with Gasteiger partial charge in [0.1, 0.15) is 5.75 Å². The van der Waals surface area contributed by atoms with Gasteiger partial charge in [0.25, 0.3) is 0 Å². The van der Waals surface area contributed by atoms with Gasteiger partial charge in [0, 0.05) is 33.9 Å². The molecule has 0 bridgehead atoms. The Morgan fingerprint density at radius 1 is 1.24 bits per heavy atom. The second kappa shape index (κ2) is 10.9. The van der Waals surface area contributed by atoms with E-state index in [9.17, 15) is 0 Å². The highest BCUT2D eigenvalue weighted by molar-refractivity contribution is 5.79. The molecule has 1 unspecified atom stereocenters. The van der Waals surface area contributed by atoms with Gasteiger partial charge in [-0.25, -0.2) is 0 Å². The van der Waals surface area contributed by atoms with Crippen LogP contribution in [0.2, 0.25) is 0 Å². The Bertz CT molecular complexity index is 530. The van der Waals surface area contributed by atoms with Crippen LogP contribution in [0.15, 0.2) is 29.3 Å². The minimum Gasteiger partial charge on any atom is -0.497 e. The van der Waals surface area contributed by atoms with Gasteiger partial charge in [-0.05, 0) is 50.0 Å². The molecule has 2 N–H and O–H groups in total. The van der Waals surface area contributed by atoms with Crippen molar-refractivity contribution in [2.24, 2.45) is 4.99 Å². The Kier molecular flexibility index (Phi) is 8.55. The zero-order valence-corrected chi connectivity index (χ0v) is 15.8. The smallest absolute Gasteiger partial charge is 0.191 e. The summed E-state index contributed by atoms with van der Waals surface area (Å²) >= 11 is 0. The molecule has 2 rings (SSSR count). The van der Waals surface area contributed by atoms with Crippen molar-refractivity contribution in [1.82, 2.24) is 15.5 Å². The van der Waals surface area contributed by atoms with Crippen LogP contribution >= 0.6 is 0 Å². The van der Waals surface area contributed by atoms with E-state index >= 15 is 0 Å². The van der Waals surface area contributed by atoms with Crippen LogP contribution in [0, 0.1) is 0 Å². The molecule has 1 aliphatic rings. The van der Waals surface area contributed by atoms with Gasteiger partial charge in [-0.1, -0.05) is 12.1 Å². The number of nitrogens with zero attached hydrogens (tertiary/aromatic N) is 2. The van der Waals surface area contributed by atoms with Crippen LogP contribution in [0.25, 0.3) is 0 Å². The van der Waals surface area contributed by atoms with Gasteiger partial charge in [0.2, 0.25) is 0 Å². The standard InChI is InChI=1S/C19H32N4O2/c1-20-19(21-10-7-13-24-2)22-15-18(23-11-4-5-12-23)16-8-6-9-17(14-16)25-3/h6,8-9,14,18H,4-5,7,10-13,15H2,1-3H3,(H2,20,21,22). The Morgan fingerprint density at radius 2 is 2.04 bits per heavy atom. The third kappa shape index (κ3) is 6.21. The van der Waals surface area contributed by atoms with E-state index in [0.29, 0.717) is 6.04 Å². The van der Waals surface area contributed by atoms with Crippen molar-refractivity contribution in [3.8, 4) is 5.75 Å². The summed E-state index contributed by atoms with van der Waals surface area (Å²) in [6.07, 6.45) is 3.50. The van der Waals surface area contributed by atoms with Crippen LogP contribution in [-0.4, -0.2) is 64.9 Å². The van der Waals surface area contributed by atoms with E-state index < -0.39 is 0 Å². The molecule has 1 heterocycles. The lowest BCUT2D eigenvalue weighted by Crippen LogP contribution is -2.43. The average molecular weight is 348 g/mol. The molecule has 0 saturated carbocycles. The number of rotatable bonds is 9. The molecule has 140 valence electrons. The summed E-state index contributed by atoms with van der Waals surface area (Å²) in [6.45, 7) is 4.70. The topological polar surface area (TPSA) is 58.1 Å². The van der Waals surface area contributed by atoms with E-state index in [0.717, 1.165) is 50.9 Å². The average Bonchev–Trinajstić information content (AvgIpc) is 3.18. The first-order valence-corrected chi connectivity index (χ1v) is 9.10. The Morgan fingerprint density at radius 3 is 2.72 bits per heavy atom. The first kappa shape index (κ1) is 19.5. The van der Waals surface area contributed by atoms with Gasteiger partial charge in [-0.3, -0.25) is 9.89 Å². The molecule has 1 fully saturated rings. The zero-order valence-electron chi connectivity index (χ0n) is 15.8. The molecule has 0 amide bonds. The van der Waals surface area contributed by atoms with Crippen molar-refractivity contribution in [2.45, 2.75) is 25.3 Å². The fourth-order valence-electron chi connectivity index (χ4n) is 3.20. The van der Waals surface area contributed by atoms with Crippen LogP contribution in [0.3, 0.4) is 0 Å². The molecule has 0 aliphatic carbocycles. The quantitative estimate of drug-likeness (QED) is 0.406. The predicted molar refractivity (Wildman–Crippen MR) is 102 cm³/mol. The largest absolute Gasteiger partial charge is 0.497 e. The predicted octanol–water partition coefficient (Wildman–Crippen LogP) is 2.03. The minimum absolute atomic E-state index is 0.315. The highest BCUT2D eigenvalue weighted by Crippen LogP contribution is 2.27. The molecule has 1 aliphatic heterocycles. The van der Waals surface area contributed by atoms with Crippen LogP contribution in [0.5, 0.6) is 5.75 Å². The number of methoxy groups -OCH3 is 2. The van der Waals surface area contributed by atoms with Gasteiger partial charge in [-0.2, -0.15) is 0 Å². The van der Waals surface area contributed by atoms with E-state index in [1.165, 1.54) is 18.4 Å². The molecule has 1 saturated heterocycles. The Labute approximate surface area is 151 Å². The second-order valence-corrected chi connectivity index (χ2v) is 6.26. The number of ether oxygens (including phenoxy) is 2. The number of aliphatic imine (C=N–C) groups is 1. The zero-order chi connectivity index (χ0) is 17.9. The van der Waals surface area contributed by atoms with E-state index in [-0.39, 0.29) is 0 Å². The molecule has 25 heavy (non-hydrogen) atoms. The molecule has 1 aromatic carbocycles. The third-order valence-electron chi connectivity index (χ3n) is 4.56. The minimum atomic E-state index is 0.315. The number of hydrogen-bond acceptors (Lipinski definition) is 4. The highest BCUT2D eigenvalue weighted by atomic mass is 16.5. The van der Waals surface area contributed by atoms with Crippen molar-refractivity contribution in [3.05, 3.63) is 29.8 Å². The SMILES string of the molecule is CN=C(NCCCOC)NCC(c1cccc(OC)c1)N1CCCC1. The van der Waals surface area contributed by atoms with Gasteiger partial charge < -0.3 is 20.1 Å². The van der Waals surface area contributed by atoms with Crippen LogP contribution in [-0.2, 0) is 4.74 Å². The molecule has 0 aromatic heterocycles. The molecule has 0 radical (unpaired) electrons. The molecule has 6 nitrogen and oxygen atoms in total. The van der Waals surface area contributed by atoms with Gasteiger partial charge in [0.15, 0.2) is 5.96 Å². The summed E-state index contributed by atoms with van der Waals surface area (Å²) in [6, 6.07) is 8.69. The summed E-state index contributed by atoms with van der Waals surface area (Å²) < 4.78 is 10.5. The molecular formula is C19H32N4O2. The van der Waals surface area contributed by atoms with Crippen molar-refractivity contribution in [2.75, 3.05) is 54.1 Å². The molecule has 0 spiro atoms. The van der Waals surface area contributed by atoms with Gasteiger partial charge in [-0.15, -0.1) is 0 Å². The van der Waals surface area contributed by atoms with E-state index in [1.807, 2.05) is 13.1 Å². The second-order valence-electron chi connectivity index (χ2n) is 6.26. The maximum absolute atomic E-state index is 5.40. The molecule has 1 aromatic rings. The van der Waals surface area contributed by atoms with Gasteiger partial charge in [0.05, 0.1) is 13.2 Å². The fourth-order valence-corrected chi connectivity index (χ4v) is 3.20. The van der Waals surface area contributed by atoms with Gasteiger partial charge >= 0.3 is 0 Å². The van der Waals surface area contributed by atoms with Crippen molar-refractivity contribution < 1.29 is 9.47 Å². The van der Waals surface area contributed by atoms with Crippen molar-refractivity contribution in [1.29, 1.82) is 0 Å². The molecule has 1 atom stereocenters. The number of hydrogen-bond donors (Lipinski definition) is 2. The van der Waals surface area contributed by atoms with Crippen molar-refractivity contribution in [3.63, 3.8) is 0 Å². The summed E-state index contributed by atoms with van der Waals surface area (Å²) in [5, 5.41) is 6.81. The maximum Gasteiger partial charge on any atom is 0.191 e. The van der Waals surface area contributed by atoms with Crippen LogP contribution in [0.1, 0.15) is 30.9 Å². The number of nitrogens with one attached hydrogen (secondary N) is 2. The van der Waals surface area contributed by atoms with Crippen LogP contribution < -0.4 is 15.4 Å². The fraction of sp³-hybridized carbons (Fsp3) is 0.632. The summed E-state index contributed by atoms with van der Waals surface area (Å²) in [7, 11) is 5.25. The molecular weight excluding hydrogens is 316 g/mol. The van der Waals surface area contributed by atoms with E-state index in [4.69, 9.17) is 9.47 Å². The third-order valence-corrected chi connectivity index (χ3v) is 4.56. The number of likely N-dealkylation sites (tertiary alicyclic amines) is 1. The monoisotopic (exact) mass is 348 g/mol. The number of benzene rings is 1. The van der Waals surface area contributed by atoms with Crippen molar-refractivity contribution >= 4 is 5.96 Å². The summed E-state index contributed by atoms with van der Waals surface area (Å²) in [5.41, 5.74) is 1.28. The summed E-state index contributed by atoms with van der Waals surface area (Å²) in [5.74, 6) is 1.74. The summed E-state index contributed by atoms with van der Waals surface area (Å²) in [4.78, 5) is 6.86. The molecule has 6 heteroatoms. The lowest BCUT2D eigenvalue weighted by Gasteiger charge is -2.29. The maximum atomic E-state index is 5.40. The normalized spacial score (nSPS) is 16.7. The van der Waals surface area contributed by atoms with E-state index in [2.05, 4.69) is 38.7 Å². The van der Waals surface area contributed by atoms with E-state index in [1.54, 1.807) is 14.2 Å². The van der Waals surface area contributed by atoms with Crippen LogP contribution in [0.4, 0.5) is 0 Å². The lowest BCUT2D eigenvalue weighted by atomic mass is 10.1. The lowest BCUT2D eigenvalue weighted by molar-refractivity contribution is 0.195. The first-order valence-electron chi connectivity index (χ1n) is 9.10. The Balaban J connectivity index is 1.98. The Hall–Kier alpha value is -1.79.